The van der Waals surface area contributed by atoms with Crippen molar-refractivity contribution in [2.75, 3.05) is 18.2 Å². The molecule has 0 saturated heterocycles. The number of nitrogens with zero attached hydrogens (tertiary/aromatic N) is 3. The van der Waals surface area contributed by atoms with Gasteiger partial charge in [-0.05, 0) is 19.9 Å². The summed E-state index contributed by atoms with van der Waals surface area (Å²) in [4.78, 5) is 15.8. The summed E-state index contributed by atoms with van der Waals surface area (Å²) in [5, 5.41) is 7.25. The Labute approximate surface area is 116 Å². The van der Waals surface area contributed by atoms with Gasteiger partial charge < -0.3 is 15.8 Å². The highest BCUT2D eigenvalue weighted by Crippen LogP contribution is 2.21. The minimum atomic E-state index is -0.497. The van der Waals surface area contributed by atoms with Crippen LogP contribution in [0.2, 0.25) is 0 Å². The van der Waals surface area contributed by atoms with Crippen LogP contribution in [-0.2, 0) is 4.74 Å². The second-order valence-electron chi connectivity index (χ2n) is 4.58. The largest absolute Gasteiger partial charge is 0.465 e. The molecule has 106 valence electrons. The number of hydrogen-bond acceptors (Lipinski definition) is 6. The van der Waals surface area contributed by atoms with Crippen LogP contribution in [0.25, 0.3) is 0 Å². The molecular formula is C13H17N5O2. The normalized spacial score (nSPS) is 10.6. The van der Waals surface area contributed by atoms with Crippen molar-refractivity contribution < 1.29 is 9.53 Å². The molecule has 0 atom stereocenters. The van der Waals surface area contributed by atoms with Crippen LogP contribution < -0.4 is 11.1 Å². The summed E-state index contributed by atoms with van der Waals surface area (Å²) < 4.78 is 6.52. The Morgan fingerprint density at radius 3 is 2.80 bits per heavy atom. The van der Waals surface area contributed by atoms with Crippen LogP contribution in [0.3, 0.4) is 0 Å². The van der Waals surface area contributed by atoms with Gasteiger partial charge >= 0.3 is 5.97 Å². The van der Waals surface area contributed by atoms with Crippen LogP contribution >= 0.6 is 0 Å². The summed E-state index contributed by atoms with van der Waals surface area (Å²) in [5.41, 5.74) is 7.06. The van der Waals surface area contributed by atoms with Gasteiger partial charge in [0.25, 0.3) is 0 Å². The molecule has 2 heterocycles. The number of nitrogens with one attached hydrogen (secondary N) is 1. The monoisotopic (exact) mass is 275 g/mol. The lowest BCUT2D eigenvalue weighted by Gasteiger charge is -2.09. The van der Waals surface area contributed by atoms with E-state index in [-0.39, 0.29) is 11.6 Å². The predicted octanol–water partition coefficient (Wildman–Crippen LogP) is 1.97. The molecule has 0 aliphatic rings. The lowest BCUT2D eigenvalue weighted by Crippen LogP contribution is -2.08. The number of carbonyl (C=O) groups is 1. The van der Waals surface area contributed by atoms with Crippen molar-refractivity contribution >= 4 is 23.2 Å². The van der Waals surface area contributed by atoms with E-state index in [0.29, 0.717) is 11.5 Å². The average Bonchev–Trinajstić information content (AvgIpc) is 2.88. The van der Waals surface area contributed by atoms with Gasteiger partial charge in [0.2, 0.25) is 0 Å². The maximum atomic E-state index is 11.7. The molecular weight excluding hydrogens is 258 g/mol. The maximum Gasteiger partial charge on any atom is 0.341 e. The molecule has 0 amide bonds. The first-order valence-electron chi connectivity index (χ1n) is 6.16. The number of ether oxygens (including phenoxy) is 1. The number of rotatable bonds is 4. The summed E-state index contributed by atoms with van der Waals surface area (Å²) >= 11 is 0. The Kier molecular flexibility index (Phi) is 3.88. The van der Waals surface area contributed by atoms with Crippen LogP contribution in [-0.4, -0.2) is 27.8 Å². The number of methoxy groups -OCH3 is 1. The Balaban J connectivity index is 2.30. The van der Waals surface area contributed by atoms with Gasteiger partial charge in [0, 0.05) is 12.2 Å². The van der Waals surface area contributed by atoms with Crippen LogP contribution in [0.4, 0.5) is 17.2 Å². The number of nitrogens with two attached hydrogens (primary N) is 1. The fourth-order valence-electron chi connectivity index (χ4n) is 1.67. The van der Waals surface area contributed by atoms with E-state index in [9.17, 15) is 4.79 Å². The minimum absolute atomic E-state index is 0.255. The summed E-state index contributed by atoms with van der Waals surface area (Å²) in [7, 11) is 1.31. The minimum Gasteiger partial charge on any atom is -0.465 e. The zero-order valence-electron chi connectivity index (χ0n) is 11.6. The van der Waals surface area contributed by atoms with Crippen molar-refractivity contribution in [3.63, 3.8) is 0 Å². The standard InChI is InChI=1S/C13H17N5O2/c1-8(2)18-7-10(6-16-18)17-12-11(13(19)20-3)4-9(14)5-15-12/h4-8H,14H2,1-3H3,(H,15,17). The van der Waals surface area contributed by atoms with Crippen molar-refractivity contribution in [2.24, 2.45) is 0 Å². The molecule has 20 heavy (non-hydrogen) atoms. The van der Waals surface area contributed by atoms with Gasteiger partial charge in [-0.1, -0.05) is 0 Å². The van der Waals surface area contributed by atoms with Crippen molar-refractivity contribution in [3.05, 3.63) is 30.2 Å². The van der Waals surface area contributed by atoms with E-state index in [0.717, 1.165) is 5.69 Å². The first-order chi connectivity index (χ1) is 9.51. The number of pyridine rings is 1. The molecule has 0 saturated carbocycles. The highest BCUT2D eigenvalue weighted by molar-refractivity contribution is 5.96. The van der Waals surface area contributed by atoms with Crippen LogP contribution in [0, 0.1) is 0 Å². The van der Waals surface area contributed by atoms with Crippen LogP contribution in [0.5, 0.6) is 0 Å². The van der Waals surface area contributed by atoms with Gasteiger partial charge in [0.05, 0.1) is 30.9 Å². The first kappa shape index (κ1) is 13.9. The Morgan fingerprint density at radius 1 is 1.45 bits per heavy atom. The number of aromatic nitrogens is 3. The van der Waals surface area contributed by atoms with E-state index < -0.39 is 5.97 Å². The molecule has 0 aliphatic heterocycles. The molecule has 0 aromatic carbocycles. The SMILES string of the molecule is COC(=O)c1cc(N)cnc1Nc1cnn(C(C)C)c1. The molecule has 2 aromatic heterocycles. The van der Waals surface area contributed by atoms with Crippen molar-refractivity contribution in [3.8, 4) is 0 Å². The summed E-state index contributed by atoms with van der Waals surface area (Å²) in [5.74, 6) is -0.113. The second-order valence-corrected chi connectivity index (χ2v) is 4.58. The lowest BCUT2D eigenvalue weighted by atomic mass is 10.2. The zero-order chi connectivity index (χ0) is 14.7. The van der Waals surface area contributed by atoms with Crippen molar-refractivity contribution in [1.29, 1.82) is 0 Å². The number of hydrogen-bond donors (Lipinski definition) is 2. The van der Waals surface area contributed by atoms with E-state index >= 15 is 0 Å². The Bertz CT molecular complexity index is 621. The van der Waals surface area contributed by atoms with Gasteiger partial charge in [-0.3, -0.25) is 4.68 Å². The molecule has 2 rings (SSSR count). The molecule has 0 aliphatic carbocycles. The Morgan fingerprint density at radius 2 is 2.20 bits per heavy atom. The van der Waals surface area contributed by atoms with Crippen LogP contribution in [0.15, 0.2) is 24.7 Å². The number of esters is 1. The van der Waals surface area contributed by atoms with Gasteiger partial charge in [-0.2, -0.15) is 5.10 Å². The summed E-state index contributed by atoms with van der Waals surface area (Å²) in [6.45, 7) is 4.05. The quantitative estimate of drug-likeness (QED) is 0.828. The topological polar surface area (TPSA) is 95.1 Å². The number of carbonyl (C=O) groups excluding carboxylic acids is 1. The Hall–Kier alpha value is -2.57. The van der Waals surface area contributed by atoms with E-state index in [2.05, 4.69) is 15.4 Å². The van der Waals surface area contributed by atoms with E-state index in [1.165, 1.54) is 19.4 Å². The highest BCUT2D eigenvalue weighted by Gasteiger charge is 2.14. The molecule has 7 nitrogen and oxygen atoms in total. The number of nitrogen functional groups attached to an aromatic ring is 1. The second kappa shape index (κ2) is 5.60. The van der Waals surface area contributed by atoms with Gasteiger partial charge in [0.1, 0.15) is 11.4 Å². The molecule has 0 radical (unpaired) electrons. The molecule has 0 fully saturated rings. The van der Waals surface area contributed by atoms with Crippen molar-refractivity contribution in [2.45, 2.75) is 19.9 Å². The predicted molar refractivity (Wildman–Crippen MR) is 75.9 cm³/mol. The molecule has 0 bridgehead atoms. The fourth-order valence-corrected chi connectivity index (χ4v) is 1.67. The van der Waals surface area contributed by atoms with E-state index in [1.807, 2.05) is 20.0 Å². The van der Waals surface area contributed by atoms with E-state index in [4.69, 9.17) is 10.5 Å². The first-order valence-corrected chi connectivity index (χ1v) is 6.16. The third-order valence-corrected chi connectivity index (χ3v) is 2.71. The van der Waals surface area contributed by atoms with Gasteiger partial charge in [-0.15, -0.1) is 0 Å². The zero-order valence-corrected chi connectivity index (χ0v) is 11.6. The third-order valence-electron chi connectivity index (χ3n) is 2.71. The molecule has 0 spiro atoms. The summed E-state index contributed by atoms with van der Waals surface area (Å²) in [6, 6.07) is 1.78. The molecule has 3 N–H and O–H groups in total. The highest BCUT2D eigenvalue weighted by atomic mass is 16.5. The summed E-state index contributed by atoms with van der Waals surface area (Å²) in [6.07, 6.45) is 4.98. The fraction of sp³-hybridized carbons (Fsp3) is 0.308. The van der Waals surface area contributed by atoms with E-state index in [1.54, 1.807) is 10.9 Å². The maximum absolute atomic E-state index is 11.7. The third kappa shape index (κ3) is 2.87. The lowest BCUT2D eigenvalue weighted by molar-refractivity contribution is 0.0601. The van der Waals surface area contributed by atoms with Gasteiger partial charge in [0.15, 0.2) is 0 Å². The molecule has 0 unspecified atom stereocenters. The molecule has 2 aromatic rings. The average molecular weight is 275 g/mol. The van der Waals surface area contributed by atoms with Gasteiger partial charge in [-0.25, -0.2) is 9.78 Å². The van der Waals surface area contributed by atoms with Crippen LogP contribution in [0.1, 0.15) is 30.2 Å². The van der Waals surface area contributed by atoms with Crippen molar-refractivity contribution in [1.82, 2.24) is 14.8 Å². The smallest absolute Gasteiger partial charge is 0.341 e. The number of anilines is 3. The molecule has 7 heteroatoms.